The predicted octanol–water partition coefficient (Wildman–Crippen LogP) is -0.457. The first-order chi connectivity index (χ1) is 12.3. The first-order valence-electron chi connectivity index (χ1n) is 7.92. The van der Waals surface area contributed by atoms with Crippen molar-refractivity contribution in [3.05, 3.63) is 68.4 Å². The Morgan fingerprint density at radius 3 is 2.68 bits per heavy atom. The summed E-state index contributed by atoms with van der Waals surface area (Å²) >= 11 is 0. The SMILES string of the molecule is O=c1ccc2c3c(n1)CCN3C(=c1ccc(=C3N=NNN3)cc1)N=C2. The highest BCUT2D eigenvalue weighted by molar-refractivity contribution is 5.98. The standard InChI is InChI=1S/C17H13N7O/c25-14-6-5-12-9-18-17(24-8-7-13(19-14)15(12)24)11-3-1-10(2-4-11)16-20-22-23-21-16/h1-6,9H,7-8H2,(H,20,23)(H,21,22). The first kappa shape index (κ1) is 13.8. The van der Waals surface area contributed by atoms with Crippen LogP contribution in [0.4, 0.5) is 5.69 Å². The van der Waals surface area contributed by atoms with Crippen molar-refractivity contribution >= 4 is 23.5 Å². The molecule has 2 aromatic rings. The number of aromatic nitrogens is 1. The number of hydrogen-bond acceptors (Lipinski definition) is 8. The van der Waals surface area contributed by atoms with Gasteiger partial charge in [0, 0.05) is 41.2 Å². The number of anilines is 1. The number of aliphatic imine (C=N–C) groups is 1. The molecule has 0 atom stereocenters. The summed E-state index contributed by atoms with van der Waals surface area (Å²) in [6.45, 7) is 0.768. The highest BCUT2D eigenvalue weighted by Gasteiger charge is 2.28. The molecule has 0 unspecified atom stereocenters. The van der Waals surface area contributed by atoms with Crippen LogP contribution in [-0.2, 0) is 6.42 Å². The summed E-state index contributed by atoms with van der Waals surface area (Å²) in [4.78, 5) is 22.7. The van der Waals surface area contributed by atoms with Crippen LogP contribution in [0.5, 0.6) is 0 Å². The predicted molar refractivity (Wildman–Crippen MR) is 92.8 cm³/mol. The van der Waals surface area contributed by atoms with Gasteiger partial charge < -0.3 is 4.90 Å². The monoisotopic (exact) mass is 331 g/mol. The van der Waals surface area contributed by atoms with Crippen molar-refractivity contribution in [2.24, 2.45) is 15.3 Å². The second-order valence-corrected chi connectivity index (χ2v) is 5.88. The fraction of sp³-hybridized carbons (Fsp3) is 0.118. The van der Waals surface area contributed by atoms with Crippen LogP contribution in [0.15, 0.2) is 56.5 Å². The molecule has 0 fully saturated rings. The van der Waals surface area contributed by atoms with Gasteiger partial charge in [-0.25, -0.2) is 15.5 Å². The van der Waals surface area contributed by atoms with Crippen LogP contribution in [-0.4, -0.2) is 17.7 Å². The van der Waals surface area contributed by atoms with Crippen LogP contribution < -0.4 is 31.9 Å². The minimum Gasteiger partial charge on any atom is -0.323 e. The molecule has 3 aliphatic rings. The Balaban J connectivity index is 1.69. The molecule has 0 spiro atoms. The average Bonchev–Trinajstić information content (AvgIpc) is 3.28. The zero-order chi connectivity index (χ0) is 16.8. The van der Waals surface area contributed by atoms with Gasteiger partial charge in [0.15, 0.2) is 5.82 Å². The van der Waals surface area contributed by atoms with Gasteiger partial charge in [0.1, 0.15) is 5.82 Å². The maximum Gasteiger partial charge on any atom is 0.270 e. The van der Waals surface area contributed by atoms with E-state index in [1.807, 2.05) is 24.3 Å². The molecule has 25 heavy (non-hydrogen) atoms. The molecule has 5 rings (SSSR count). The molecule has 0 radical (unpaired) electrons. The summed E-state index contributed by atoms with van der Waals surface area (Å²) < 4.78 is 0. The quantitative estimate of drug-likeness (QED) is 0.681. The van der Waals surface area contributed by atoms with Gasteiger partial charge in [-0.2, -0.15) is 0 Å². The molecule has 4 heterocycles. The van der Waals surface area contributed by atoms with E-state index in [9.17, 15) is 4.79 Å². The molecule has 8 heteroatoms. The molecule has 122 valence electrons. The molecule has 0 bridgehead atoms. The van der Waals surface area contributed by atoms with E-state index in [4.69, 9.17) is 0 Å². The van der Waals surface area contributed by atoms with Crippen molar-refractivity contribution in [1.29, 1.82) is 0 Å². The summed E-state index contributed by atoms with van der Waals surface area (Å²) in [6, 6.07) is 11.2. The normalized spacial score (nSPS) is 16.7. The molecule has 0 saturated heterocycles. The third-order valence-electron chi connectivity index (χ3n) is 4.41. The lowest BCUT2D eigenvalue weighted by Crippen LogP contribution is -2.28. The Kier molecular flexibility index (Phi) is 2.90. The topological polar surface area (TPSA) is 94.3 Å². The van der Waals surface area contributed by atoms with Crippen molar-refractivity contribution in [3.63, 3.8) is 0 Å². The maximum atomic E-state index is 11.7. The third kappa shape index (κ3) is 2.18. The van der Waals surface area contributed by atoms with Gasteiger partial charge in [-0.05, 0) is 6.07 Å². The maximum absolute atomic E-state index is 11.7. The smallest absolute Gasteiger partial charge is 0.270 e. The van der Waals surface area contributed by atoms with Crippen LogP contribution in [0.25, 0.3) is 11.6 Å². The van der Waals surface area contributed by atoms with Crippen molar-refractivity contribution in [2.75, 3.05) is 11.4 Å². The van der Waals surface area contributed by atoms with Crippen molar-refractivity contribution in [2.45, 2.75) is 6.42 Å². The lowest BCUT2D eigenvalue weighted by molar-refractivity contribution is 0.710. The van der Waals surface area contributed by atoms with Crippen molar-refractivity contribution < 1.29 is 0 Å². The van der Waals surface area contributed by atoms with Gasteiger partial charge in [0.25, 0.3) is 5.56 Å². The van der Waals surface area contributed by atoms with Crippen LogP contribution in [0, 0.1) is 0 Å². The van der Waals surface area contributed by atoms with E-state index in [1.165, 1.54) is 6.07 Å². The van der Waals surface area contributed by atoms with E-state index in [1.54, 1.807) is 12.3 Å². The summed E-state index contributed by atoms with van der Waals surface area (Å²) in [5.74, 6) is 1.54. The summed E-state index contributed by atoms with van der Waals surface area (Å²) in [5, 5.41) is 9.58. The van der Waals surface area contributed by atoms with E-state index >= 15 is 0 Å². The average molecular weight is 331 g/mol. The van der Waals surface area contributed by atoms with E-state index in [-0.39, 0.29) is 5.56 Å². The molecule has 0 saturated carbocycles. The minimum absolute atomic E-state index is 0.214. The van der Waals surface area contributed by atoms with Crippen molar-refractivity contribution in [3.8, 4) is 0 Å². The molecule has 0 aliphatic carbocycles. The lowest BCUT2D eigenvalue weighted by atomic mass is 10.2. The summed E-state index contributed by atoms with van der Waals surface area (Å²) in [6.07, 6.45) is 2.54. The Hall–Kier alpha value is -3.55. The second-order valence-electron chi connectivity index (χ2n) is 5.88. The number of rotatable bonds is 0. The van der Waals surface area contributed by atoms with Gasteiger partial charge in [-0.15, -0.1) is 5.11 Å². The zero-order valence-corrected chi connectivity index (χ0v) is 13.1. The van der Waals surface area contributed by atoms with E-state index < -0.39 is 0 Å². The summed E-state index contributed by atoms with van der Waals surface area (Å²) in [5.41, 5.74) is 8.00. The van der Waals surface area contributed by atoms with E-state index in [2.05, 4.69) is 36.2 Å². The van der Waals surface area contributed by atoms with E-state index in [0.717, 1.165) is 46.2 Å². The zero-order valence-electron chi connectivity index (χ0n) is 13.1. The highest BCUT2D eigenvalue weighted by Crippen LogP contribution is 2.34. The largest absolute Gasteiger partial charge is 0.323 e. The molecule has 3 aliphatic heterocycles. The van der Waals surface area contributed by atoms with Crippen LogP contribution in [0.3, 0.4) is 0 Å². The Morgan fingerprint density at radius 1 is 1.04 bits per heavy atom. The first-order valence-corrected chi connectivity index (χ1v) is 7.92. The second kappa shape index (κ2) is 5.23. The van der Waals surface area contributed by atoms with Crippen LogP contribution in [0.2, 0.25) is 0 Å². The van der Waals surface area contributed by atoms with Gasteiger partial charge in [0.2, 0.25) is 0 Å². The van der Waals surface area contributed by atoms with Gasteiger partial charge in [-0.3, -0.25) is 10.2 Å². The number of nitrogens with zero attached hydrogens (tertiary/aromatic N) is 5. The Morgan fingerprint density at radius 2 is 1.88 bits per heavy atom. The minimum atomic E-state index is -0.214. The third-order valence-corrected chi connectivity index (χ3v) is 4.41. The molecule has 0 amide bonds. The number of hydrazine groups is 1. The summed E-state index contributed by atoms with van der Waals surface area (Å²) in [7, 11) is 0. The van der Waals surface area contributed by atoms with E-state index in [0.29, 0.717) is 5.82 Å². The molecule has 1 aromatic carbocycles. The number of hydrogen-bond donors (Lipinski definition) is 2. The van der Waals surface area contributed by atoms with Crippen molar-refractivity contribution in [1.82, 2.24) is 15.9 Å². The highest BCUT2D eigenvalue weighted by atomic mass is 16.1. The van der Waals surface area contributed by atoms with Crippen LogP contribution in [0.1, 0.15) is 11.3 Å². The lowest BCUT2D eigenvalue weighted by Gasteiger charge is -2.23. The van der Waals surface area contributed by atoms with Gasteiger partial charge in [-0.1, -0.05) is 29.5 Å². The van der Waals surface area contributed by atoms with Crippen LogP contribution >= 0.6 is 0 Å². The van der Waals surface area contributed by atoms with Gasteiger partial charge in [0.05, 0.1) is 11.4 Å². The van der Waals surface area contributed by atoms with Gasteiger partial charge >= 0.3 is 0 Å². The molecule has 2 N–H and O–H groups in total. The Bertz CT molecular complexity index is 1110. The fourth-order valence-electron chi connectivity index (χ4n) is 3.28. The molecular formula is C17H13N7O. The number of benzene rings is 1. The molecule has 1 aromatic heterocycles. The molecular weight excluding hydrogens is 318 g/mol. The Labute approximate surface area is 141 Å². The fourth-order valence-corrected chi connectivity index (χ4v) is 3.28. The number of nitrogens with one attached hydrogen (secondary N) is 2. The molecule has 8 nitrogen and oxygen atoms in total.